The van der Waals surface area contributed by atoms with Crippen molar-refractivity contribution >= 4 is 27.3 Å². The summed E-state index contributed by atoms with van der Waals surface area (Å²) in [6.45, 7) is 0. The number of fused-ring (bicyclic) bond motifs is 5. The van der Waals surface area contributed by atoms with Crippen LogP contribution in [0.5, 0.6) is 5.75 Å². The van der Waals surface area contributed by atoms with Gasteiger partial charge >= 0.3 is 0 Å². The highest BCUT2D eigenvalue weighted by atomic mass is 16.5. The molecule has 27 heavy (non-hydrogen) atoms. The summed E-state index contributed by atoms with van der Waals surface area (Å²) in [7, 11) is 1.65. The molecule has 3 heterocycles. The molecule has 5 rings (SSSR count). The van der Waals surface area contributed by atoms with Gasteiger partial charge in [-0.15, -0.1) is 0 Å². The molecule has 4 heteroatoms. The first-order valence-corrected chi connectivity index (χ1v) is 8.68. The van der Waals surface area contributed by atoms with Crippen LogP contribution in [-0.2, 0) is 0 Å². The van der Waals surface area contributed by atoms with E-state index in [1.807, 2.05) is 72.9 Å². The van der Waals surface area contributed by atoms with Gasteiger partial charge in [-0.3, -0.25) is 0 Å². The molecular formula is C23H15N3O. The molecule has 0 N–H and O–H groups in total. The predicted octanol–water partition coefficient (Wildman–Crippen LogP) is 5.19. The molecule has 2 aromatic carbocycles. The summed E-state index contributed by atoms with van der Waals surface area (Å²) in [5.41, 5.74) is 5.24. The number of hydrogen-bond acceptors (Lipinski definition) is 3. The van der Waals surface area contributed by atoms with Gasteiger partial charge in [-0.2, -0.15) is 5.26 Å². The highest BCUT2D eigenvalue weighted by Gasteiger charge is 2.19. The van der Waals surface area contributed by atoms with Crippen LogP contribution in [0.25, 0.3) is 38.6 Å². The molecule has 0 spiro atoms. The Morgan fingerprint density at radius 3 is 2.52 bits per heavy atom. The van der Waals surface area contributed by atoms with Crippen LogP contribution >= 0.6 is 0 Å². The molecule has 0 atom stereocenters. The van der Waals surface area contributed by atoms with Crippen molar-refractivity contribution in [1.29, 1.82) is 5.26 Å². The zero-order valence-corrected chi connectivity index (χ0v) is 14.7. The van der Waals surface area contributed by atoms with Crippen LogP contribution in [0.1, 0.15) is 5.56 Å². The third kappa shape index (κ3) is 2.19. The van der Waals surface area contributed by atoms with Gasteiger partial charge in [0.2, 0.25) is 0 Å². The van der Waals surface area contributed by atoms with E-state index in [1.165, 1.54) is 0 Å². The normalized spacial score (nSPS) is 11.1. The predicted molar refractivity (Wildman–Crippen MR) is 107 cm³/mol. The Balaban J connectivity index is 2.02. The lowest BCUT2D eigenvalue weighted by atomic mass is 10.0. The van der Waals surface area contributed by atoms with Crippen LogP contribution in [0.4, 0.5) is 0 Å². The lowest BCUT2D eigenvalue weighted by Gasteiger charge is -2.09. The molecule has 0 bridgehead atoms. The van der Waals surface area contributed by atoms with Gasteiger partial charge < -0.3 is 9.14 Å². The van der Waals surface area contributed by atoms with E-state index in [1.54, 1.807) is 7.11 Å². The quantitative estimate of drug-likeness (QED) is 0.441. The maximum atomic E-state index is 9.91. The Labute approximate surface area is 155 Å². The molecule has 0 unspecified atom stereocenters. The van der Waals surface area contributed by atoms with Gasteiger partial charge in [0.15, 0.2) is 0 Å². The number of rotatable bonds is 2. The number of nitriles is 1. The molecule has 4 nitrogen and oxygen atoms in total. The Bertz CT molecular complexity index is 1360. The second kappa shape index (κ2) is 5.86. The first-order chi connectivity index (χ1) is 13.3. The van der Waals surface area contributed by atoms with Crippen LogP contribution in [-0.4, -0.2) is 16.5 Å². The first kappa shape index (κ1) is 15.4. The second-order valence-corrected chi connectivity index (χ2v) is 6.37. The molecule has 0 saturated heterocycles. The molecule has 5 aromatic rings. The van der Waals surface area contributed by atoms with E-state index in [0.29, 0.717) is 5.56 Å². The van der Waals surface area contributed by atoms with Crippen molar-refractivity contribution in [3.8, 4) is 23.1 Å². The minimum Gasteiger partial charge on any atom is -0.497 e. The van der Waals surface area contributed by atoms with Crippen molar-refractivity contribution in [2.75, 3.05) is 7.11 Å². The van der Waals surface area contributed by atoms with Crippen molar-refractivity contribution in [3.63, 3.8) is 0 Å². The molecule has 0 fully saturated rings. The van der Waals surface area contributed by atoms with Gasteiger partial charge in [0.05, 0.1) is 34.9 Å². The second-order valence-electron chi connectivity index (χ2n) is 6.37. The third-order valence-electron chi connectivity index (χ3n) is 4.95. The van der Waals surface area contributed by atoms with Gasteiger partial charge in [-0.05, 0) is 42.5 Å². The molecule has 0 aliphatic heterocycles. The number of benzene rings is 2. The fourth-order valence-electron chi connectivity index (χ4n) is 3.72. The van der Waals surface area contributed by atoms with Crippen molar-refractivity contribution in [1.82, 2.24) is 9.38 Å². The molecule has 0 amide bonds. The van der Waals surface area contributed by atoms with Crippen LogP contribution < -0.4 is 4.74 Å². The summed E-state index contributed by atoms with van der Waals surface area (Å²) in [6.07, 6.45) is 1.99. The summed E-state index contributed by atoms with van der Waals surface area (Å²) in [5.74, 6) is 0.800. The van der Waals surface area contributed by atoms with Crippen molar-refractivity contribution in [2.24, 2.45) is 0 Å². The third-order valence-corrected chi connectivity index (χ3v) is 4.95. The summed E-state index contributed by atoms with van der Waals surface area (Å²) >= 11 is 0. The van der Waals surface area contributed by atoms with E-state index in [-0.39, 0.29) is 0 Å². The molecule has 0 radical (unpaired) electrons. The number of nitrogens with zero attached hydrogens (tertiary/aromatic N) is 3. The lowest BCUT2D eigenvalue weighted by molar-refractivity contribution is 0.415. The average Bonchev–Trinajstić information content (AvgIpc) is 3.08. The van der Waals surface area contributed by atoms with Gasteiger partial charge in [0.25, 0.3) is 0 Å². The van der Waals surface area contributed by atoms with Gasteiger partial charge in [0.1, 0.15) is 11.8 Å². The van der Waals surface area contributed by atoms with Gasteiger partial charge in [-0.1, -0.05) is 24.3 Å². The number of aromatic nitrogens is 2. The summed E-state index contributed by atoms with van der Waals surface area (Å²) in [5, 5.41) is 11.8. The lowest BCUT2D eigenvalue weighted by Crippen LogP contribution is -1.92. The largest absolute Gasteiger partial charge is 0.497 e. The van der Waals surface area contributed by atoms with E-state index in [2.05, 4.69) is 10.5 Å². The number of para-hydroxylation sites is 1. The van der Waals surface area contributed by atoms with Crippen LogP contribution in [0.15, 0.2) is 72.9 Å². The first-order valence-electron chi connectivity index (χ1n) is 8.68. The smallest absolute Gasteiger partial charge is 0.118 e. The Morgan fingerprint density at radius 1 is 0.963 bits per heavy atom. The minimum absolute atomic E-state index is 0.680. The van der Waals surface area contributed by atoms with E-state index in [0.717, 1.165) is 44.3 Å². The zero-order chi connectivity index (χ0) is 18.4. The maximum absolute atomic E-state index is 9.91. The number of methoxy groups -OCH3 is 1. The molecular weight excluding hydrogens is 334 g/mol. The van der Waals surface area contributed by atoms with E-state index < -0.39 is 0 Å². The SMILES string of the molecule is COc1ccc(-c2nc3ccccc3c3c(C#N)c4ccccn4c23)cc1. The Kier molecular flexibility index (Phi) is 3.34. The van der Waals surface area contributed by atoms with Crippen molar-refractivity contribution in [2.45, 2.75) is 0 Å². The van der Waals surface area contributed by atoms with E-state index in [4.69, 9.17) is 9.72 Å². The van der Waals surface area contributed by atoms with Crippen LogP contribution in [0.2, 0.25) is 0 Å². The zero-order valence-electron chi connectivity index (χ0n) is 14.7. The summed E-state index contributed by atoms with van der Waals surface area (Å²) in [4.78, 5) is 4.96. The maximum Gasteiger partial charge on any atom is 0.118 e. The molecule has 3 aromatic heterocycles. The molecule has 128 valence electrons. The monoisotopic (exact) mass is 349 g/mol. The topological polar surface area (TPSA) is 50.3 Å². The highest BCUT2D eigenvalue weighted by Crippen LogP contribution is 2.37. The average molecular weight is 349 g/mol. The fraction of sp³-hybridized carbons (Fsp3) is 0.0435. The minimum atomic E-state index is 0.680. The standard InChI is InChI=1S/C23H15N3O/c1-27-16-11-9-15(10-12-16)22-23-21(17-6-2-3-7-19(17)25-22)18(14-24)20-8-4-5-13-26(20)23/h2-13H,1H3. The van der Waals surface area contributed by atoms with Gasteiger partial charge in [-0.25, -0.2) is 4.98 Å². The molecule has 0 aliphatic rings. The van der Waals surface area contributed by atoms with E-state index in [9.17, 15) is 5.26 Å². The number of hydrogen-bond donors (Lipinski definition) is 0. The number of ether oxygens (including phenoxy) is 1. The fourth-order valence-corrected chi connectivity index (χ4v) is 3.72. The molecule has 0 saturated carbocycles. The van der Waals surface area contributed by atoms with Crippen LogP contribution in [0, 0.1) is 11.3 Å². The number of pyridine rings is 2. The van der Waals surface area contributed by atoms with Crippen molar-refractivity contribution in [3.05, 3.63) is 78.5 Å². The highest BCUT2D eigenvalue weighted by molar-refractivity contribution is 6.15. The van der Waals surface area contributed by atoms with Crippen LogP contribution in [0.3, 0.4) is 0 Å². The Hall–Kier alpha value is -3.84. The van der Waals surface area contributed by atoms with E-state index >= 15 is 0 Å². The summed E-state index contributed by atoms with van der Waals surface area (Å²) < 4.78 is 7.35. The molecule has 0 aliphatic carbocycles. The Morgan fingerprint density at radius 2 is 1.74 bits per heavy atom. The van der Waals surface area contributed by atoms with Crippen molar-refractivity contribution < 1.29 is 4.74 Å². The van der Waals surface area contributed by atoms with Gasteiger partial charge in [0, 0.05) is 22.5 Å². The summed E-state index contributed by atoms with van der Waals surface area (Å²) in [6, 6.07) is 24.2.